The second-order valence-corrected chi connectivity index (χ2v) is 7.19. The van der Waals surface area contributed by atoms with Gasteiger partial charge in [-0.25, -0.2) is 0 Å². The van der Waals surface area contributed by atoms with Crippen LogP contribution in [0.15, 0.2) is 97.1 Å². The second kappa shape index (κ2) is 13.3. The van der Waals surface area contributed by atoms with Crippen molar-refractivity contribution in [2.45, 2.75) is 41.5 Å². The van der Waals surface area contributed by atoms with Crippen LogP contribution in [0.4, 0.5) is 0 Å². The van der Waals surface area contributed by atoms with Crippen LogP contribution in [-0.2, 0) is 14.1 Å². The van der Waals surface area contributed by atoms with Crippen LogP contribution in [0.1, 0.15) is 41.5 Å². The minimum atomic E-state index is 1.30. The Hall–Kier alpha value is -3.52. The van der Waals surface area contributed by atoms with Gasteiger partial charge in [-0.2, -0.15) is 0 Å². The van der Waals surface area contributed by atoms with E-state index >= 15 is 0 Å². The van der Waals surface area contributed by atoms with Crippen LogP contribution >= 0.6 is 0 Å². The van der Waals surface area contributed by atoms with Gasteiger partial charge in [0.2, 0.25) is 0 Å². The zero-order valence-electron chi connectivity index (χ0n) is 22.1. The molecule has 0 aliphatic rings. The monoisotopic (exact) mass is 452 g/mol. The first kappa shape index (κ1) is 26.7. The van der Waals surface area contributed by atoms with Crippen LogP contribution in [0.5, 0.6) is 0 Å². The topological polar surface area (TPSA) is 9.86 Å². The number of fused-ring (bicyclic) bond motifs is 6. The van der Waals surface area contributed by atoms with Crippen molar-refractivity contribution in [3.63, 3.8) is 0 Å². The van der Waals surface area contributed by atoms with Crippen molar-refractivity contribution in [3.05, 3.63) is 97.1 Å². The van der Waals surface area contributed by atoms with Crippen molar-refractivity contribution in [3.8, 4) is 0 Å². The minimum Gasteiger partial charge on any atom is -0.344 e. The van der Waals surface area contributed by atoms with Crippen molar-refractivity contribution >= 4 is 43.6 Å². The lowest BCUT2D eigenvalue weighted by molar-refractivity contribution is 1.01. The summed E-state index contributed by atoms with van der Waals surface area (Å²) in [6.07, 6.45) is 0. The molecule has 6 aromatic rings. The molecule has 0 amide bonds. The van der Waals surface area contributed by atoms with Gasteiger partial charge in [-0.15, -0.1) is 0 Å². The Labute approximate surface area is 205 Å². The van der Waals surface area contributed by atoms with E-state index < -0.39 is 0 Å². The average Bonchev–Trinajstić information content (AvgIpc) is 3.40. The SMILES string of the molecule is CC.CC.CC.Cn1c2ccccc2c2ccccc21.Cn1c2ccccc2c2ccccc21. The zero-order chi connectivity index (χ0) is 25.1. The molecule has 0 N–H and O–H groups in total. The summed E-state index contributed by atoms with van der Waals surface area (Å²) in [6, 6.07) is 34.1. The maximum absolute atomic E-state index is 2.24. The molecular weight excluding hydrogens is 412 g/mol. The fourth-order valence-corrected chi connectivity index (χ4v) is 4.24. The van der Waals surface area contributed by atoms with Gasteiger partial charge in [0.1, 0.15) is 0 Å². The van der Waals surface area contributed by atoms with Gasteiger partial charge in [0.15, 0.2) is 0 Å². The molecule has 2 aromatic heterocycles. The van der Waals surface area contributed by atoms with E-state index in [9.17, 15) is 0 Å². The molecule has 6 rings (SSSR count). The maximum Gasteiger partial charge on any atom is 0.0488 e. The number of hydrogen-bond donors (Lipinski definition) is 0. The summed E-state index contributed by atoms with van der Waals surface area (Å²) in [5.74, 6) is 0. The van der Waals surface area contributed by atoms with Crippen LogP contribution in [0.3, 0.4) is 0 Å². The predicted molar refractivity (Wildman–Crippen MR) is 155 cm³/mol. The molecule has 2 nitrogen and oxygen atoms in total. The normalized spacial score (nSPS) is 9.76. The van der Waals surface area contributed by atoms with Gasteiger partial charge in [-0.05, 0) is 24.3 Å². The summed E-state index contributed by atoms with van der Waals surface area (Å²) >= 11 is 0. The van der Waals surface area contributed by atoms with E-state index in [2.05, 4.69) is 120 Å². The number of nitrogens with zero attached hydrogens (tertiary/aromatic N) is 2. The maximum atomic E-state index is 2.24. The molecule has 0 saturated heterocycles. The van der Waals surface area contributed by atoms with Gasteiger partial charge >= 0.3 is 0 Å². The van der Waals surface area contributed by atoms with Crippen molar-refractivity contribution in [1.82, 2.24) is 9.13 Å². The molecule has 0 spiro atoms. The van der Waals surface area contributed by atoms with E-state index in [1.807, 2.05) is 41.5 Å². The summed E-state index contributed by atoms with van der Waals surface area (Å²) in [7, 11) is 4.23. The summed E-state index contributed by atoms with van der Waals surface area (Å²) in [5.41, 5.74) is 5.20. The lowest BCUT2D eigenvalue weighted by Gasteiger charge is -1.95. The van der Waals surface area contributed by atoms with Crippen LogP contribution in [0, 0.1) is 0 Å². The quantitative estimate of drug-likeness (QED) is 0.217. The molecule has 0 aliphatic heterocycles. The fraction of sp³-hybridized carbons (Fsp3) is 0.250. The standard InChI is InChI=1S/2C13H11N.3C2H6/c2*1-14-12-8-4-2-6-10(12)11-7-3-5-9-13(11)14;3*1-2/h2*2-9H,1H3;3*1-2H3. The summed E-state index contributed by atoms with van der Waals surface area (Å²) in [4.78, 5) is 0. The highest BCUT2D eigenvalue weighted by molar-refractivity contribution is 6.08. The molecule has 0 fully saturated rings. The third-order valence-corrected chi connectivity index (χ3v) is 5.64. The van der Waals surface area contributed by atoms with Gasteiger partial charge in [-0.1, -0.05) is 114 Å². The van der Waals surface area contributed by atoms with Crippen LogP contribution in [0.2, 0.25) is 0 Å². The van der Waals surface area contributed by atoms with Gasteiger partial charge in [0.25, 0.3) is 0 Å². The van der Waals surface area contributed by atoms with E-state index in [0.717, 1.165) is 0 Å². The average molecular weight is 453 g/mol. The van der Waals surface area contributed by atoms with E-state index in [4.69, 9.17) is 0 Å². The van der Waals surface area contributed by atoms with Crippen LogP contribution in [-0.4, -0.2) is 9.13 Å². The molecule has 2 heterocycles. The van der Waals surface area contributed by atoms with E-state index in [1.54, 1.807) is 0 Å². The van der Waals surface area contributed by atoms with E-state index in [-0.39, 0.29) is 0 Å². The third kappa shape index (κ3) is 5.17. The highest BCUT2D eigenvalue weighted by Crippen LogP contribution is 2.28. The van der Waals surface area contributed by atoms with Gasteiger partial charge < -0.3 is 9.13 Å². The Morgan fingerprint density at radius 2 is 0.500 bits per heavy atom. The van der Waals surface area contributed by atoms with Gasteiger partial charge in [0.05, 0.1) is 0 Å². The summed E-state index contributed by atoms with van der Waals surface area (Å²) in [5, 5.41) is 5.35. The van der Waals surface area contributed by atoms with Gasteiger partial charge in [-0.3, -0.25) is 0 Å². The Morgan fingerprint density at radius 1 is 0.324 bits per heavy atom. The smallest absolute Gasteiger partial charge is 0.0488 e. The Balaban J connectivity index is 0.000000198. The highest BCUT2D eigenvalue weighted by atomic mass is 14.9. The number of aromatic nitrogens is 2. The van der Waals surface area contributed by atoms with Crippen molar-refractivity contribution < 1.29 is 0 Å². The molecule has 0 aliphatic carbocycles. The van der Waals surface area contributed by atoms with Crippen molar-refractivity contribution in [2.75, 3.05) is 0 Å². The number of aryl methyl sites for hydroxylation is 2. The van der Waals surface area contributed by atoms with E-state index in [1.165, 1.54) is 43.6 Å². The lowest BCUT2D eigenvalue weighted by atomic mass is 10.2. The Morgan fingerprint density at radius 3 is 0.706 bits per heavy atom. The molecule has 2 heteroatoms. The molecule has 0 saturated carbocycles. The van der Waals surface area contributed by atoms with Crippen LogP contribution < -0.4 is 0 Å². The predicted octanol–water partition coefficient (Wildman–Crippen LogP) is 9.74. The largest absolute Gasteiger partial charge is 0.344 e. The molecule has 0 unspecified atom stereocenters. The zero-order valence-corrected chi connectivity index (χ0v) is 22.1. The Bertz CT molecular complexity index is 1220. The molecular formula is C32H40N2. The molecule has 4 aromatic carbocycles. The first-order valence-electron chi connectivity index (χ1n) is 12.6. The number of benzene rings is 4. The Kier molecular flexibility index (Phi) is 10.4. The first-order chi connectivity index (χ1) is 16.8. The highest BCUT2D eigenvalue weighted by Gasteiger charge is 2.06. The molecule has 0 radical (unpaired) electrons. The lowest BCUT2D eigenvalue weighted by Crippen LogP contribution is -1.84. The second-order valence-electron chi connectivity index (χ2n) is 7.19. The molecule has 0 atom stereocenters. The van der Waals surface area contributed by atoms with Crippen LogP contribution in [0.25, 0.3) is 43.6 Å². The minimum absolute atomic E-state index is 1.30. The molecule has 178 valence electrons. The number of para-hydroxylation sites is 4. The fourth-order valence-electron chi connectivity index (χ4n) is 4.24. The number of rotatable bonds is 0. The van der Waals surface area contributed by atoms with Gasteiger partial charge in [0, 0.05) is 57.7 Å². The number of hydrogen-bond acceptors (Lipinski definition) is 0. The molecule has 34 heavy (non-hydrogen) atoms. The van der Waals surface area contributed by atoms with E-state index in [0.29, 0.717) is 0 Å². The first-order valence-corrected chi connectivity index (χ1v) is 12.6. The summed E-state index contributed by atoms with van der Waals surface area (Å²) < 4.78 is 4.48. The van der Waals surface area contributed by atoms with Crippen molar-refractivity contribution in [1.29, 1.82) is 0 Å². The summed E-state index contributed by atoms with van der Waals surface area (Å²) in [6.45, 7) is 12.0. The molecule has 0 bridgehead atoms. The van der Waals surface area contributed by atoms with Crippen molar-refractivity contribution in [2.24, 2.45) is 14.1 Å². The third-order valence-electron chi connectivity index (χ3n) is 5.64.